The smallest absolute Gasteiger partial charge is 0.104 e. The van der Waals surface area contributed by atoms with Gasteiger partial charge in [0.15, 0.2) is 0 Å². The highest BCUT2D eigenvalue weighted by Gasteiger charge is 2.25. The number of hydrogen-bond donors (Lipinski definition) is 9. The second-order valence-electron chi connectivity index (χ2n) is 25.4. The molecule has 14 N–H and O–H groups in total. The molecule has 662 valence electrons. The van der Waals surface area contributed by atoms with Gasteiger partial charge in [0.1, 0.15) is 73.2 Å². The predicted molar refractivity (Wildman–Crippen MR) is 441 cm³/mol. The summed E-state index contributed by atoms with van der Waals surface area (Å²) in [5.74, 6) is 9.18. The van der Waals surface area contributed by atoms with Crippen molar-refractivity contribution >= 4 is 58.8 Å². The van der Waals surface area contributed by atoms with Crippen molar-refractivity contribution in [3.63, 3.8) is 0 Å². The van der Waals surface area contributed by atoms with E-state index in [0.717, 1.165) is 89.6 Å². The van der Waals surface area contributed by atoms with Crippen molar-refractivity contribution in [2.45, 2.75) is 153 Å². The van der Waals surface area contributed by atoms with Crippen LogP contribution in [0.15, 0.2) is 0 Å². The van der Waals surface area contributed by atoms with Crippen molar-refractivity contribution in [3.05, 3.63) is 0 Å². The minimum atomic E-state index is -1.09. The Balaban J connectivity index is 6.65. The van der Waals surface area contributed by atoms with Gasteiger partial charge in [0, 0.05) is 128 Å². The van der Waals surface area contributed by atoms with Crippen molar-refractivity contribution in [3.8, 4) is 0 Å². The predicted octanol–water partition coefficient (Wildman–Crippen LogP) is 2.64. The van der Waals surface area contributed by atoms with Crippen LogP contribution in [0.25, 0.3) is 0 Å². The van der Waals surface area contributed by atoms with Gasteiger partial charge in [0.25, 0.3) is 0 Å². The summed E-state index contributed by atoms with van der Waals surface area (Å²) in [5.41, 5.74) is 28.3. The van der Waals surface area contributed by atoms with E-state index in [0.29, 0.717) is 138 Å². The molecule has 0 aromatic rings. The Morgan fingerprint density at radius 3 is 0.782 bits per heavy atom. The van der Waals surface area contributed by atoms with Gasteiger partial charge in [0.05, 0.1) is 171 Å². The lowest BCUT2D eigenvalue weighted by atomic mass is 10.3. The zero-order chi connectivity index (χ0) is 80.5. The summed E-state index contributed by atoms with van der Waals surface area (Å²) in [4.78, 5) is 0. The minimum absolute atomic E-state index is 0.0000276. The second-order valence-corrected chi connectivity index (χ2v) is 31.5. The van der Waals surface area contributed by atoms with E-state index in [9.17, 15) is 20.4 Å². The minimum Gasteiger partial charge on any atom is -0.394 e. The summed E-state index contributed by atoms with van der Waals surface area (Å²) in [6.45, 7) is 22.2. The van der Waals surface area contributed by atoms with Gasteiger partial charge in [-0.1, -0.05) is 0 Å². The van der Waals surface area contributed by atoms with E-state index >= 15 is 0 Å². The molecular formula is C74H155N5O26S5. The number of aliphatic hydroxyl groups is 4. The molecular weight excluding hydrogens is 1540 g/mol. The van der Waals surface area contributed by atoms with Gasteiger partial charge in [0.2, 0.25) is 0 Å². The molecule has 0 aromatic heterocycles. The molecule has 13 atom stereocenters. The van der Waals surface area contributed by atoms with Crippen LogP contribution < -0.4 is 28.7 Å². The molecule has 0 aliphatic carbocycles. The maximum atomic E-state index is 11.1. The maximum Gasteiger partial charge on any atom is 0.104 e. The van der Waals surface area contributed by atoms with Crippen LogP contribution in [0.1, 0.15) is 73.6 Å². The van der Waals surface area contributed by atoms with Crippen LogP contribution in [0, 0.1) is 0 Å². The second kappa shape index (κ2) is 87.3. The van der Waals surface area contributed by atoms with Gasteiger partial charge in [-0.25, -0.2) is 0 Å². The summed E-state index contributed by atoms with van der Waals surface area (Å²) in [6, 6.07) is 0. The van der Waals surface area contributed by atoms with Gasteiger partial charge < -0.3 is 153 Å². The van der Waals surface area contributed by atoms with E-state index in [1.54, 1.807) is 58.8 Å². The van der Waals surface area contributed by atoms with E-state index < -0.39 is 61.5 Å². The van der Waals surface area contributed by atoms with E-state index in [1.807, 2.05) is 41.5 Å². The molecule has 13 unspecified atom stereocenters. The normalized spacial score (nSPS) is 15.7. The summed E-state index contributed by atoms with van der Waals surface area (Å²) < 4.78 is 134. The standard InChI is InChI=1S/C74H155N5O26S5/c1-7-84-46-67(98-24-14-29-108-34-19-77)51-89-38-62(6)101-58-73(56-94-45-66(37-80)102-44-65(83)43-90-39-63(81)40-91-52-68(47-85-8-2)99-25-15-30-109-35-20-78)105-61-74(104-60-72(97-11-5)50-88-23-13-28-107-33-18-76)57-95-55-70(103-59-71(96-10-4)49-87-22-12-27-106-32-17-75)54-93-42-64(82)41-92-53-69(48-86-9-3)100-26-16-31-110-36-21-79/h62-74,80-83H,7-61,75-79H2,1-6H3. The van der Waals surface area contributed by atoms with Crippen molar-refractivity contribution in [1.82, 2.24) is 0 Å². The lowest BCUT2D eigenvalue weighted by molar-refractivity contribution is -0.151. The molecule has 0 heterocycles. The third kappa shape index (κ3) is 74.8. The molecule has 0 amide bonds. The SMILES string of the molecule is CCOCC(COCC(O)COCC(O)COC(CO)COCC(COC(C)COCC(COCC)OCCCSCCN)OCC(COCC(COCC(O)COCC(COCC)OCCCSCCN)OCC(COCCCSCCN)OCC)OCC(COCCCSCCN)OCC)OCCCSCCN. The van der Waals surface area contributed by atoms with Crippen LogP contribution in [0.5, 0.6) is 0 Å². The highest BCUT2D eigenvalue weighted by atomic mass is 32.2. The average molecular weight is 1690 g/mol. The van der Waals surface area contributed by atoms with Crippen LogP contribution in [-0.2, 0) is 104 Å². The molecule has 0 fully saturated rings. The van der Waals surface area contributed by atoms with Gasteiger partial charge in [-0.3, -0.25) is 0 Å². The van der Waals surface area contributed by atoms with Gasteiger partial charge in [-0.2, -0.15) is 58.8 Å². The third-order valence-corrected chi connectivity index (χ3v) is 20.5. The lowest BCUT2D eigenvalue weighted by Gasteiger charge is -2.27. The Kier molecular flexibility index (Phi) is 87.7. The van der Waals surface area contributed by atoms with E-state index in [-0.39, 0.29) is 143 Å². The lowest BCUT2D eigenvalue weighted by Crippen LogP contribution is -2.38. The number of ether oxygens (including phenoxy) is 22. The van der Waals surface area contributed by atoms with Gasteiger partial charge in [-0.15, -0.1) is 0 Å². The van der Waals surface area contributed by atoms with E-state index in [1.165, 1.54) is 0 Å². The fourth-order valence-electron chi connectivity index (χ4n) is 9.46. The number of rotatable bonds is 94. The summed E-state index contributed by atoms with van der Waals surface area (Å²) in [6.07, 6.45) is -3.60. The molecule has 110 heavy (non-hydrogen) atoms. The number of thioether (sulfide) groups is 5. The van der Waals surface area contributed by atoms with Crippen molar-refractivity contribution in [1.29, 1.82) is 0 Å². The first-order valence-corrected chi connectivity index (χ1v) is 45.8. The molecule has 0 aromatic carbocycles. The Morgan fingerprint density at radius 1 is 0.227 bits per heavy atom. The highest BCUT2D eigenvalue weighted by Crippen LogP contribution is 2.13. The molecule has 0 spiro atoms. The van der Waals surface area contributed by atoms with E-state index in [4.69, 9.17) is 133 Å². The molecule has 0 radical (unpaired) electrons. The van der Waals surface area contributed by atoms with Crippen LogP contribution in [0.4, 0.5) is 0 Å². The van der Waals surface area contributed by atoms with Crippen molar-refractivity contribution < 1.29 is 125 Å². The number of nitrogens with two attached hydrogens (primary N) is 5. The zero-order valence-electron chi connectivity index (χ0n) is 68.1. The molecule has 0 aliphatic rings. The first-order chi connectivity index (χ1) is 53.9. The van der Waals surface area contributed by atoms with Crippen LogP contribution in [0.2, 0.25) is 0 Å². The Bertz CT molecular complexity index is 1820. The molecule has 31 nitrogen and oxygen atoms in total. The Labute approximate surface area is 682 Å². The summed E-state index contributed by atoms with van der Waals surface area (Å²) in [7, 11) is 0. The maximum absolute atomic E-state index is 11.1. The average Bonchev–Trinajstić information content (AvgIpc) is 0.931. The quantitative estimate of drug-likeness (QED) is 0.0395. The molecule has 0 saturated carbocycles. The summed E-state index contributed by atoms with van der Waals surface area (Å²) in [5, 5.41) is 43.0. The Hall–Kier alpha value is 0.510. The van der Waals surface area contributed by atoms with Crippen molar-refractivity contribution in [2.24, 2.45) is 28.7 Å². The molecule has 36 heteroatoms. The molecule has 0 aliphatic heterocycles. The largest absolute Gasteiger partial charge is 0.394 e. The Morgan fingerprint density at radius 2 is 0.464 bits per heavy atom. The topological polar surface area (TPSA) is 414 Å². The zero-order valence-corrected chi connectivity index (χ0v) is 72.2. The third-order valence-electron chi connectivity index (χ3n) is 14.9. The van der Waals surface area contributed by atoms with Crippen molar-refractivity contribution in [2.75, 3.05) is 321 Å². The van der Waals surface area contributed by atoms with Crippen LogP contribution in [-0.4, -0.2) is 421 Å². The number of hydrogen-bond acceptors (Lipinski definition) is 36. The highest BCUT2D eigenvalue weighted by molar-refractivity contribution is 8.00. The first kappa shape index (κ1) is 111. The van der Waals surface area contributed by atoms with Crippen LogP contribution in [0.3, 0.4) is 0 Å². The monoisotopic (exact) mass is 1690 g/mol. The van der Waals surface area contributed by atoms with Gasteiger partial charge >= 0.3 is 0 Å². The fourth-order valence-corrected chi connectivity index (χ4v) is 12.9. The number of aliphatic hydroxyl groups excluding tert-OH is 4. The fraction of sp³-hybridized carbons (Fsp3) is 1.00. The molecule has 0 rings (SSSR count). The van der Waals surface area contributed by atoms with Gasteiger partial charge in [-0.05, 0) is 102 Å². The van der Waals surface area contributed by atoms with Crippen LogP contribution >= 0.6 is 58.8 Å². The molecule has 0 saturated heterocycles. The van der Waals surface area contributed by atoms with E-state index in [2.05, 4.69) is 0 Å². The first-order valence-electron chi connectivity index (χ1n) is 40.0. The summed E-state index contributed by atoms with van der Waals surface area (Å²) >= 11 is 8.95. The molecule has 0 bridgehead atoms.